The zero-order valence-corrected chi connectivity index (χ0v) is 16.3. The van der Waals surface area contributed by atoms with Gasteiger partial charge in [0.15, 0.2) is 23.1 Å². The molecule has 0 aliphatic carbocycles. The first-order valence-corrected chi connectivity index (χ1v) is 10.5. The Balaban J connectivity index is 1.54. The first-order chi connectivity index (χ1) is 13.7. The molecule has 1 aliphatic heterocycles. The molecule has 0 bridgehead atoms. The largest absolute Gasteiger partial charge is 0.451 e. The van der Waals surface area contributed by atoms with Crippen molar-refractivity contribution in [1.82, 2.24) is 9.62 Å². The molecule has 0 aromatic heterocycles. The summed E-state index contributed by atoms with van der Waals surface area (Å²) >= 11 is 0. The van der Waals surface area contributed by atoms with Crippen molar-refractivity contribution in [3.8, 4) is 11.5 Å². The molecule has 1 fully saturated rings. The van der Waals surface area contributed by atoms with Gasteiger partial charge in [0.25, 0.3) is 10.2 Å². The summed E-state index contributed by atoms with van der Waals surface area (Å²) < 4.78 is 56.9. The Kier molecular flexibility index (Phi) is 6.46. The van der Waals surface area contributed by atoms with Crippen molar-refractivity contribution < 1.29 is 26.7 Å². The summed E-state index contributed by atoms with van der Waals surface area (Å²) in [5.74, 6) is -2.05. The number of carbonyl (C=O) groups is 1. The van der Waals surface area contributed by atoms with E-state index < -0.39 is 21.8 Å². The molecule has 2 aromatic rings. The standard InChI is InChI=1S/C19H21F2N3O4S/c20-15-3-1-2-4-17(15)28-18-6-5-13(11-16(18)21)12-23-19(25)14-7-9-24(10-8-14)29(22,26)27/h1-6,11,14H,7-10,12H2,(H,23,25)(H2,22,26,27). The lowest BCUT2D eigenvalue weighted by Crippen LogP contribution is -2.45. The summed E-state index contributed by atoms with van der Waals surface area (Å²) in [7, 11) is -3.74. The van der Waals surface area contributed by atoms with Crippen molar-refractivity contribution in [2.45, 2.75) is 19.4 Å². The Labute approximate surface area is 167 Å². The van der Waals surface area contributed by atoms with Gasteiger partial charge in [-0.3, -0.25) is 4.79 Å². The van der Waals surface area contributed by atoms with Crippen LogP contribution in [0.25, 0.3) is 0 Å². The fourth-order valence-corrected chi connectivity index (χ4v) is 3.81. The molecule has 0 spiro atoms. The second kappa shape index (κ2) is 8.85. The number of piperidine rings is 1. The maximum absolute atomic E-state index is 14.3. The highest BCUT2D eigenvalue weighted by molar-refractivity contribution is 7.86. The molecule has 1 saturated heterocycles. The lowest BCUT2D eigenvalue weighted by atomic mass is 9.97. The third-order valence-electron chi connectivity index (χ3n) is 4.70. The van der Waals surface area contributed by atoms with Crippen LogP contribution in [-0.4, -0.2) is 31.7 Å². The van der Waals surface area contributed by atoms with E-state index in [1.54, 1.807) is 12.1 Å². The van der Waals surface area contributed by atoms with Crippen LogP contribution < -0.4 is 15.2 Å². The van der Waals surface area contributed by atoms with E-state index >= 15 is 0 Å². The van der Waals surface area contributed by atoms with Crippen molar-refractivity contribution in [2.24, 2.45) is 11.1 Å². The molecule has 2 aromatic carbocycles. The number of ether oxygens (including phenoxy) is 1. The van der Waals surface area contributed by atoms with Gasteiger partial charge in [0.1, 0.15) is 0 Å². The summed E-state index contributed by atoms with van der Waals surface area (Å²) in [5.41, 5.74) is 0.513. The van der Waals surface area contributed by atoms with Crippen LogP contribution in [0.4, 0.5) is 8.78 Å². The second-order valence-corrected chi connectivity index (χ2v) is 8.28. The first-order valence-electron chi connectivity index (χ1n) is 9.00. The minimum atomic E-state index is -3.74. The maximum atomic E-state index is 14.3. The molecule has 0 saturated carbocycles. The number of nitrogens with two attached hydrogens (primary N) is 1. The average molecular weight is 425 g/mol. The number of hydrogen-bond acceptors (Lipinski definition) is 4. The Morgan fingerprint density at radius 3 is 2.38 bits per heavy atom. The molecule has 29 heavy (non-hydrogen) atoms. The molecule has 7 nitrogen and oxygen atoms in total. The highest BCUT2D eigenvalue weighted by Gasteiger charge is 2.29. The highest BCUT2D eigenvalue weighted by atomic mass is 32.2. The molecule has 3 rings (SSSR count). The minimum absolute atomic E-state index is 0.0849. The summed E-state index contributed by atoms with van der Waals surface area (Å²) in [6.45, 7) is 0.479. The van der Waals surface area contributed by atoms with Gasteiger partial charge in [-0.05, 0) is 42.7 Å². The molecule has 0 unspecified atom stereocenters. The van der Waals surface area contributed by atoms with E-state index in [-0.39, 0.29) is 43.0 Å². The van der Waals surface area contributed by atoms with Gasteiger partial charge in [0, 0.05) is 25.6 Å². The zero-order chi connectivity index (χ0) is 21.0. The molecule has 156 valence electrons. The van der Waals surface area contributed by atoms with Gasteiger partial charge >= 0.3 is 0 Å². The Morgan fingerprint density at radius 2 is 1.76 bits per heavy atom. The number of hydrogen-bond donors (Lipinski definition) is 2. The molecule has 1 amide bonds. The van der Waals surface area contributed by atoms with Gasteiger partial charge in [0.2, 0.25) is 5.91 Å². The number of amides is 1. The second-order valence-electron chi connectivity index (χ2n) is 6.73. The normalized spacial score (nSPS) is 15.8. The van der Waals surface area contributed by atoms with Gasteiger partial charge in [-0.1, -0.05) is 18.2 Å². The molecular formula is C19H21F2N3O4S. The smallest absolute Gasteiger partial charge is 0.276 e. The summed E-state index contributed by atoms with van der Waals surface area (Å²) in [4.78, 5) is 12.3. The van der Waals surface area contributed by atoms with Crippen LogP contribution in [0.2, 0.25) is 0 Å². The van der Waals surface area contributed by atoms with Gasteiger partial charge in [-0.15, -0.1) is 0 Å². The molecule has 10 heteroatoms. The molecule has 1 aliphatic rings. The third-order valence-corrected chi connectivity index (χ3v) is 5.79. The van der Waals surface area contributed by atoms with Crippen LogP contribution in [0.15, 0.2) is 42.5 Å². The Bertz CT molecular complexity index is 993. The quantitative estimate of drug-likeness (QED) is 0.741. The number of carbonyl (C=O) groups excluding carboxylic acids is 1. The number of nitrogens with one attached hydrogen (secondary N) is 1. The maximum Gasteiger partial charge on any atom is 0.276 e. The van der Waals surface area contributed by atoms with Crippen LogP contribution in [0.3, 0.4) is 0 Å². The predicted octanol–water partition coefficient (Wildman–Crippen LogP) is 2.29. The molecule has 0 radical (unpaired) electrons. The minimum Gasteiger partial charge on any atom is -0.451 e. The van der Waals surface area contributed by atoms with E-state index in [9.17, 15) is 22.0 Å². The number of benzene rings is 2. The third kappa shape index (κ3) is 5.49. The van der Waals surface area contributed by atoms with Crippen LogP contribution in [-0.2, 0) is 21.5 Å². The fourth-order valence-electron chi connectivity index (χ4n) is 3.09. The van der Waals surface area contributed by atoms with E-state index in [1.165, 1.54) is 30.3 Å². The molecular weight excluding hydrogens is 404 g/mol. The van der Waals surface area contributed by atoms with E-state index in [0.717, 1.165) is 4.31 Å². The topological polar surface area (TPSA) is 102 Å². The number of para-hydroxylation sites is 1. The SMILES string of the molecule is NS(=O)(=O)N1CCC(C(=O)NCc2ccc(Oc3ccccc3F)c(F)c2)CC1. The van der Waals surface area contributed by atoms with Crippen molar-refractivity contribution in [3.63, 3.8) is 0 Å². The van der Waals surface area contributed by atoms with E-state index in [0.29, 0.717) is 18.4 Å². The van der Waals surface area contributed by atoms with Gasteiger partial charge in [-0.25, -0.2) is 13.9 Å². The lowest BCUT2D eigenvalue weighted by molar-refractivity contribution is -0.126. The molecule has 3 N–H and O–H groups in total. The summed E-state index contributed by atoms with van der Waals surface area (Å²) in [5, 5.41) is 7.80. The molecule has 0 atom stereocenters. The van der Waals surface area contributed by atoms with Crippen molar-refractivity contribution in [2.75, 3.05) is 13.1 Å². The Hall–Kier alpha value is -2.56. The Morgan fingerprint density at radius 1 is 1.10 bits per heavy atom. The van der Waals surface area contributed by atoms with Crippen LogP contribution >= 0.6 is 0 Å². The van der Waals surface area contributed by atoms with Gasteiger partial charge in [-0.2, -0.15) is 12.7 Å². The number of halogens is 2. The van der Waals surface area contributed by atoms with Crippen LogP contribution in [0.5, 0.6) is 11.5 Å². The number of nitrogens with zero attached hydrogens (tertiary/aromatic N) is 1. The van der Waals surface area contributed by atoms with Gasteiger partial charge in [0.05, 0.1) is 0 Å². The van der Waals surface area contributed by atoms with Crippen molar-refractivity contribution in [1.29, 1.82) is 0 Å². The first kappa shape index (κ1) is 21.2. The van der Waals surface area contributed by atoms with Crippen LogP contribution in [0.1, 0.15) is 18.4 Å². The van der Waals surface area contributed by atoms with Crippen molar-refractivity contribution in [3.05, 3.63) is 59.7 Å². The zero-order valence-electron chi connectivity index (χ0n) is 15.5. The van der Waals surface area contributed by atoms with Crippen molar-refractivity contribution >= 4 is 16.1 Å². The summed E-state index contributed by atoms with van der Waals surface area (Å²) in [6.07, 6.45) is 0.734. The van der Waals surface area contributed by atoms with Crippen LogP contribution in [0, 0.1) is 17.6 Å². The predicted molar refractivity (Wildman–Crippen MR) is 102 cm³/mol. The highest BCUT2D eigenvalue weighted by Crippen LogP contribution is 2.27. The monoisotopic (exact) mass is 425 g/mol. The van der Waals surface area contributed by atoms with E-state index in [4.69, 9.17) is 9.88 Å². The number of rotatable bonds is 6. The average Bonchev–Trinajstić information content (AvgIpc) is 2.69. The van der Waals surface area contributed by atoms with Gasteiger partial charge < -0.3 is 10.1 Å². The van der Waals surface area contributed by atoms with E-state index in [2.05, 4.69) is 5.32 Å². The van der Waals surface area contributed by atoms with E-state index in [1.807, 2.05) is 0 Å². The summed E-state index contributed by atoms with van der Waals surface area (Å²) in [6, 6.07) is 9.84. The fraction of sp³-hybridized carbons (Fsp3) is 0.316. The molecule has 1 heterocycles. The lowest BCUT2D eigenvalue weighted by Gasteiger charge is -2.29.